The molecule has 1 atom stereocenters. The third kappa shape index (κ3) is 4.07. The van der Waals surface area contributed by atoms with Crippen molar-refractivity contribution in [3.63, 3.8) is 0 Å². The van der Waals surface area contributed by atoms with Crippen molar-refractivity contribution < 1.29 is 9.53 Å². The summed E-state index contributed by atoms with van der Waals surface area (Å²) in [6.07, 6.45) is 2.50. The van der Waals surface area contributed by atoms with Crippen LogP contribution in [0.5, 0.6) is 0 Å². The average Bonchev–Trinajstić information content (AvgIpc) is 2.99. The zero-order valence-electron chi connectivity index (χ0n) is 12.8. The maximum atomic E-state index is 12.1. The molecule has 1 aliphatic rings. The van der Waals surface area contributed by atoms with E-state index in [1.807, 2.05) is 30.5 Å². The molecule has 0 saturated carbocycles. The van der Waals surface area contributed by atoms with Gasteiger partial charge in [0.2, 0.25) is 5.91 Å². The fourth-order valence-corrected chi connectivity index (χ4v) is 2.69. The van der Waals surface area contributed by atoms with Crippen molar-refractivity contribution in [2.45, 2.75) is 39.7 Å². The van der Waals surface area contributed by atoms with Crippen LogP contribution in [0.4, 0.5) is 0 Å². The van der Waals surface area contributed by atoms with Crippen LogP contribution in [0.3, 0.4) is 0 Å². The molecule has 0 aliphatic carbocycles. The van der Waals surface area contributed by atoms with Crippen LogP contribution in [0.1, 0.15) is 30.7 Å². The van der Waals surface area contributed by atoms with Gasteiger partial charge in [0, 0.05) is 44.8 Å². The van der Waals surface area contributed by atoms with E-state index in [1.165, 1.54) is 0 Å². The van der Waals surface area contributed by atoms with Crippen molar-refractivity contribution in [3.8, 4) is 0 Å². The molecule has 2 rings (SSSR count). The molecule has 5 heteroatoms. The molecule has 1 amide bonds. The van der Waals surface area contributed by atoms with Crippen LogP contribution in [-0.4, -0.2) is 47.4 Å². The standard InChI is InChI=1S/C15H25N3O2/c1-12-9-13(2)18(16-12)7-4-5-15(19)17(3)10-14-6-8-20-11-14/h9,14H,4-8,10-11H2,1-3H3. The zero-order chi connectivity index (χ0) is 14.5. The van der Waals surface area contributed by atoms with Gasteiger partial charge in [0.15, 0.2) is 0 Å². The highest BCUT2D eigenvalue weighted by Crippen LogP contribution is 2.14. The van der Waals surface area contributed by atoms with Crippen molar-refractivity contribution in [2.75, 3.05) is 26.8 Å². The predicted octanol–water partition coefficient (Wildman–Crippen LogP) is 1.78. The van der Waals surface area contributed by atoms with E-state index < -0.39 is 0 Å². The van der Waals surface area contributed by atoms with E-state index in [-0.39, 0.29) is 5.91 Å². The Morgan fingerprint density at radius 3 is 2.95 bits per heavy atom. The fraction of sp³-hybridized carbons (Fsp3) is 0.733. The second-order valence-electron chi connectivity index (χ2n) is 5.76. The topological polar surface area (TPSA) is 47.4 Å². The first-order valence-electron chi connectivity index (χ1n) is 7.39. The number of nitrogens with zero attached hydrogens (tertiary/aromatic N) is 3. The van der Waals surface area contributed by atoms with E-state index in [9.17, 15) is 4.79 Å². The number of aryl methyl sites for hydroxylation is 3. The smallest absolute Gasteiger partial charge is 0.222 e. The van der Waals surface area contributed by atoms with Gasteiger partial charge in [0.05, 0.1) is 12.3 Å². The van der Waals surface area contributed by atoms with Gasteiger partial charge in [0.1, 0.15) is 0 Å². The molecule has 20 heavy (non-hydrogen) atoms. The summed E-state index contributed by atoms with van der Waals surface area (Å²) in [6, 6.07) is 2.06. The number of carbonyl (C=O) groups excluding carboxylic acids is 1. The summed E-state index contributed by atoms with van der Waals surface area (Å²) in [4.78, 5) is 13.9. The number of hydrogen-bond donors (Lipinski definition) is 0. The van der Waals surface area contributed by atoms with Gasteiger partial charge in [0.25, 0.3) is 0 Å². The van der Waals surface area contributed by atoms with Gasteiger partial charge in [-0.15, -0.1) is 0 Å². The largest absolute Gasteiger partial charge is 0.381 e. The average molecular weight is 279 g/mol. The van der Waals surface area contributed by atoms with Crippen LogP contribution in [0, 0.1) is 19.8 Å². The number of amides is 1. The molecule has 1 saturated heterocycles. The van der Waals surface area contributed by atoms with Gasteiger partial charge >= 0.3 is 0 Å². The van der Waals surface area contributed by atoms with Crippen LogP contribution in [0.15, 0.2) is 6.07 Å². The molecule has 5 nitrogen and oxygen atoms in total. The first-order valence-corrected chi connectivity index (χ1v) is 7.39. The van der Waals surface area contributed by atoms with Gasteiger partial charge in [-0.25, -0.2) is 0 Å². The molecule has 1 aromatic rings. The Kier molecular flexibility index (Phi) is 5.17. The third-order valence-electron chi connectivity index (χ3n) is 3.85. The van der Waals surface area contributed by atoms with Gasteiger partial charge in [-0.3, -0.25) is 9.48 Å². The molecular weight excluding hydrogens is 254 g/mol. The Hall–Kier alpha value is -1.36. The van der Waals surface area contributed by atoms with Crippen molar-refractivity contribution >= 4 is 5.91 Å². The molecule has 0 bridgehead atoms. The van der Waals surface area contributed by atoms with E-state index in [4.69, 9.17) is 4.74 Å². The van der Waals surface area contributed by atoms with E-state index in [2.05, 4.69) is 11.2 Å². The summed E-state index contributed by atoms with van der Waals surface area (Å²) in [5.74, 6) is 0.735. The van der Waals surface area contributed by atoms with Crippen LogP contribution < -0.4 is 0 Å². The highest BCUT2D eigenvalue weighted by Gasteiger charge is 2.19. The second-order valence-corrected chi connectivity index (χ2v) is 5.76. The maximum Gasteiger partial charge on any atom is 0.222 e. The van der Waals surface area contributed by atoms with Crippen molar-refractivity contribution in [2.24, 2.45) is 5.92 Å². The molecular formula is C15H25N3O2. The van der Waals surface area contributed by atoms with Crippen molar-refractivity contribution in [3.05, 3.63) is 17.5 Å². The van der Waals surface area contributed by atoms with Crippen LogP contribution in [-0.2, 0) is 16.1 Å². The number of rotatable bonds is 6. The molecule has 112 valence electrons. The first kappa shape index (κ1) is 15.0. The highest BCUT2D eigenvalue weighted by molar-refractivity contribution is 5.75. The minimum absolute atomic E-state index is 0.221. The summed E-state index contributed by atoms with van der Waals surface area (Å²) >= 11 is 0. The van der Waals surface area contributed by atoms with Crippen LogP contribution >= 0.6 is 0 Å². The summed E-state index contributed by atoms with van der Waals surface area (Å²) < 4.78 is 7.32. The van der Waals surface area contributed by atoms with Crippen LogP contribution in [0.25, 0.3) is 0 Å². The Bertz CT molecular complexity index is 450. The number of carbonyl (C=O) groups is 1. The SMILES string of the molecule is Cc1cc(C)n(CCCC(=O)N(C)CC2CCOC2)n1. The molecule has 1 unspecified atom stereocenters. The van der Waals surface area contributed by atoms with Crippen molar-refractivity contribution in [1.29, 1.82) is 0 Å². The molecule has 0 aromatic carbocycles. The molecule has 1 fully saturated rings. The molecule has 0 radical (unpaired) electrons. The van der Waals surface area contributed by atoms with Gasteiger partial charge in [-0.1, -0.05) is 0 Å². The molecule has 0 spiro atoms. The summed E-state index contributed by atoms with van der Waals surface area (Å²) in [5, 5.41) is 4.41. The minimum Gasteiger partial charge on any atom is -0.381 e. The minimum atomic E-state index is 0.221. The fourth-order valence-electron chi connectivity index (χ4n) is 2.69. The second kappa shape index (κ2) is 6.88. The monoisotopic (exact) mass is 279 g/mol. The Balaban J connectivity index is 1.70. The Morgan fingerprint density at radius 2 is 2.35 bits per heavy atom. The quantitative estimate of drug-likeness (QED) is 0.797. The third-order valence-corrected chi connectivity index (χ3v) is 3.85. The number of aromatic nitrogens is 2. The van der Waals surface area contributed by atoms with Gasteiger partial charge in [-0.05, 0) is 32.8 Å². The Labute approximate surface area is 120 Å². The maximum absolute atomic E-state index is 12.1. The first-order chi connectivity index (χ1) is 9.56. The highest BCUT2D eigenvalue weighted by atomic mass is 16.5. The lowest BCUT2D eigenvalue weighted by Gasteiger charge is -2.20. The lowest BCUT2D eigenvalue weighted by atomic mass is 10.1. The summed E-state index contributed by atoms with van der Waals surface area (Å²) in [6.45, 7) is 7.30. The zero-order valence-corrected chi connectivity index (χ0v) is 12.8. The number of hydrogen-bond acceptors (Lipinski definition) is 3. The molecule has 1 aliphatic heterocycles. The van der Waals surface area contributed by atoms with E-state index in [1.54, 1.807) is 0 Å². The lowest BCUT2D eigenvalue weighted by Crippen LogP contribution is -2.32. The lowest BCUT2D eigenvalue weighted by molar-refractivity contribution is -0.130. The van der Waals surface area contributed by atoms with E-state index >= 15 is 0 Å². The predicted molar refractivity (Wildman–Crippen MR) is 77.5 cm³/mol. The van der Waals surface area contributed by atoms with E-state index in [0.717, 1.165) is 50.5 Å². The summed E-state index contributed by atoms with van der Waals surface area (Å²) in [7, 11) is 1.89. The molecule has 2 heterocycles. The normalized spacial score (nSPS) is 18.4. The van der Waals surface area contributed by atoms with Crippen LogP contribution in [0.2, 0.25) is 0 Å². The van der Waals surface area contributed by atoms with Gasteiger partial charge < -0.3 is 9.64 Å². The van der Waals surface area contributed by atoms with Gasteiger partial charge in [-0.2, -0.15) is 5.10 Å². The molecule has 0 N–H and O–H groups in total. The van der Waals surface area contributed by atoms with E-state index in [0.29, 0.717) is 12.3 Å². The molecule has 1 aromatic heterocycles. The Morgan fingerprint density at radius 1 is 1.55 bits per heavy atom. The number of ether oxygens (including phenoxy) is 1. The van der Waals surface area contributed by atoms with Crippen molar-refractivity contribution in [1.82, 2.24) is 14.7 Å². The summed E-state index contributed by atoms with van der Waals surface area (Å²) in [5.41, 5.74) is 2.19.